The van der Waals surface area contributed by atoms with E-state index < -0.39 is 21.1 Å². The van der Waals surface area contributed by atoms with E-state index >= 15 is 0 Å². The molecule has 0 bridgehead atoms. The number of sulfone groups is 1. The lowest BCUT2D eigenvalue weighted by Crippen LogP contribution is -2.58. The van der Waals surface area contributed by atoms with E-state index in [1.54, 1.807) is 19.2 Å². The van der Waals surface area contributed by atoms with E-state index in [1.165, 1.54) is 21.9 Å². The molecular formula is C13H13Cl2N5O3S. The van der Waals surface area contributed by atoms with Crippen LogP contribution in [0.3, 0.4) is 0 Å². The van der Waals surface area contributed by atoms with Crippen molar-refractivity contribution in [1.82, 2.24) is 19.7 Å². The van der Waals surface area contributed by atoms with Crippen LogP contribution >= 0.6 is 23.2 Å². The highest BCUT2D eigenvalue weighted by molar-refractivity contribution is 7.92. The van der Waals surface area contributed by atoms with E-state index in [4.69, 9.17) is 23.2 Å². The van der Waals surface area contributed by atoms with Gasteiger partial charge in [0.1, 0.15) is 11.6 Å². The number of urea groups is 1. The normalized spacial score (nSPS) is 15.2. The fourth-order valence-electron chi connectivity index (χ4n) is 2.26. The number of rotatable bonds is 3. The van der Waals surface area contributed by atoms with Gasteiger partial charge in [0.2, 0.25) is 15.0 Å². The van der Waals surface area contributed by atoms with Gasteiger partial charge in [-0.1, -0.05) is 23.2 Å². The van der Waals surface area contributed by atoms with Crippen molar-refractivity contribution < 1.29 is 13.2 Å². The Hall–Kier alpha value is -1.84. The first-order valence-electron chi connectivity index (χ1n) is 6.88. The number of nitrogens with zero attached hydrogens (tertiary/aromatic N) is 4. The van der Waals surface area contributed by atoms with Crippen LogP contribution in [-0.2, 0) is 16.9 Å². The van der Waals surface area contributed by atoms with Gasteiger partial charge in [-0.3, -0.25) is 0 Å². The van der Waals surface area contributed by atoms with Crippen LogP contribution in [0.1, 0.15) is 0 Å². The second-order valence-corrected chi connectivity index (χ2v) is 8.29. The molecule has 0 aliphatic carbocycles. The molecule has 1 aromatic heterocycles. The van der Waals surface area contributed by atoms with Crippen molar-refractivity contribution in [2.45, 2.75) is 10.4 Å². The van der Waals surface area contributed by atoms with E-state index in [-0.39, 0.29) is 18.2 Å². The predicted molar refractivity (Wildman–Crippen MR) is 89.0 cm³/mol. The third-order valence-corrected chi connectivity index (χ3v) is 6.46. The van der Waals surface area contributed by atoms with Crippen molar-refractivity contribution in [3.05, 3.63) is 34.6 Å². The fraction of sp³-hybridized carbons (Fsp3) is 0.308. The van der Waals surface area contributed by atoms with Gasteiger partial charge in [0.25, 0.3) is 0 Å². The van der Waals surface area contributed by atoms with Crippen molar-refractivity contribution >= 4 is 44.8 Å². The summed E-state index contributed by atoms with van der Waals surface area (Å²) in [6, 6.07) is 4.30. The second kappa shape index (κ2) is 6.23. The van der Waals surface area contributed by atoms with Crippen LogP contribution in [-0.4, -0.2) is 52.5 Å². The van der Waals surface area contributed by atoms with Crippen molar-refractivity contribution in [3.8, 4) is 0 Å². The van der Waals surface area contributed by atoms with Crippen molar-refractivity contribution in [2.24, 2.45) is 7.05 Å². The molecule has 0 radical (unpaired) electrons. The zero-order valence-corrected chi connectivity index (χ0v) is 14.8. The molecule has 0 unspecified atom stereocenters. The van der Waals surface area contributed by atoms with E-state index in [1.807, 2.05) is 0 Å². The number of hydrogen-bond acceptors (Lipinski definition) is 5. The summed E-state index contributed by atoms with van der Waals surface area (Å²) in [7, 11) is -2.06. The summed E-state index contributed by atoms with van der Waals surface area (Å²) >= 11 is 11.7. The summed E-state index contributed by atoms with van der Waals surface area (Å²) in [5.41, 5.74) is 0.481. The number of likely N-dealkylation sites (tertiary alicyclic amines) is 1. The SMILES string of the molecule is Cn1cnnc1S(=O)(=O)C1CN(C(=O)Nc2ccc(Cl)c(Cl)c2)C1. The highest BCUT2D eigenvalue weighted by Crippen LogP contribution is 2.26. The summed E-state index contributed by atoms with van der Waals surface area (Å²) in [4.78, 5) is 13.5. The van der Waals surface area contributed by atoms with Crippen LogP contribution in [0.2, 0.25) is 10.0 Å². The van der Waals surface area contributed by atoms with E-state index in [2.05, 4.69) is 15.5 Å². The van der Waals surface area contributed by atoms with E-state index in [0.717, 1.165) is 0 Å². The lowest BCUT2D eigenvalue weighted by Gasteiger charge is -2.37. The molecular weight excluding hydrogens is 377 g/mol. The Bertz CT molecular complexity index is 893. The first-order chi connectivity index (χ1) is 11.3. The Labute approximate surface area is 148 Å². The molecule has 1 aliphatic rings. The molecule has 11 heteroatoms. The maximum atomic E-state index is 12.4. The molecule has 1 fully saturated rings. The Morgan fingerprint density at radius 2 is 2.00 bits per heavy atom. The van der Waals surface area contributed by atoms with Crippen LogP contribution < -0.4 is 5.32 Å². The summed E-state index contributed by atoms with van der Waals surface area (Å²) in [6.07, 6.45) is 1.32. The summed E-state index contributed by atoms with van der Waals surface area (Å²) in [5, 5.41) is 9.75. The monoisotopic (exact) mass is 389 g/mol. The van der Waals surface area contributed by atoms with Gasteiger partial charge in [-0.25, -0.2) is 13.2 Å². The Balaban J connectivity index is 1.63. The molecule has 2 heterocycles. The summed E-state index contributed by atoms with van der Waals surface area (Å²) < 4.78 is 26.1. The first-order valence-corrected chi connectivity index (χ1v) is 9.18. The molecule has 2 aromatic rings. The molecule has 0 spiro atoms. The second-order valence-electron chi connectivity index (χ2n) is 5.36. The van der Waals surface area contributed by atoms with Gasteiger partial charge in [0.05, 0.1) is 10.0 Å². The molecule has 2 amide bonds. The van der Waals surface area contributed by atoms with Gasteiger partial charge in [-0.15, -0.1) is 10.2 Å². The Morgan fingerprint density at radius 3 is 2.58 bits per heavy atom. The van der Waals surface area contributed by atoms with Crippen molar-refractivity contribution in [3.63, 3.8) is 0 Å². The largest absolute Gasteiger partial charge is 0.322 e. The maximum Gasteiger partial charge on any atom is 0.321 e. The number of anilines is 1. The minimum absolute atomic E-state index is 0.0857. The molecule has 24 heavy (non-hydrogen) atoms. The van der Waals surface area contributed by atoms with Gasteiger partial charge in [0.15, 0.2) is 0 Å². The molecule has 0 atom stereocenters. The average Bonchev–Trinajstić information content (AvgIpc) is 2.88. The molecule has 1 aromatic carbocycles. The number of benzene rings is 1. The van der Waals surface area contributed by atoms with Crippen molar-refractivity contribution in [1.29, 1.82) is 0 Å². The Morgan fingerprint density at radius 1 is 1.29 bits per heavy atom. The van der Waals surface area contributed by atoms with Gasteiger partial charge < -0.3 is 14.8 Å². The smallest absolute Gasteiger partial charge is 0.321 e. The average molecular weight is 390 g/mol. The number of carbonyl (C=O) groups excluding carboxylic acids is 1. The number of nitrogens with one attached hydrogen (secondary N) is 1. The minimum Gasteiger partial charge on any atom is -0.322 e. The van der Waals surface area contributed by atoms with E-state index in [0.29, 0.717) is 15.7 Å². The highest BCUT2D eigenvalue weighted by Gasteiger charge is 2.42. The summed E-state index contributed by atoms with van der Waals surface area (Å²) in [5.74, 6) is 0. The van der Waals surface area contributed by atoms with Gasteiger partial charge in [0, 0.05) is 25.8 Å². The molecule has 3 rings (SSSR count). The molecule has 128 valence electrons. The van der Waals surface area contributed by atoms with Crippen LogP contribution in [0.4, 0.5) is 10.5 Å². The quantitative estimate of drug-likeness (QED) is 0.862. The Kier molecular flexibility index (Phi) is 4.41. The molecule has 1 aliphatic heterocycles. The third kappa shape index (κ3) is 3.06. The topological polar surface area (TPSA) is 97.2 Å². The molecule has 0 saturated carbocycles. The number of aromatic nitrogens is 3. The lowest BCUT2D eigenvalue weighted by atomic mass is 10.2. The zero-order chi connectivity index (χ0) is 17.5. The van der Waals surface area contributed by atoms with E-state index in [9.17, 15) is 13.2 Å². The number of carbonyl (C=O) groups is 1. The standard InChI is InChI=1S/C13H13Cl2N5O3S/c1-19-7-16-18-13(19)24(22,23)9-5-20(6-9)12(21)17-8-2-3-10(14)11(15)4-8/h2-4,7,9H,5-6H2,1H3,(H,17,21). The number of hydrogen-bond donors (Lipinski definition) is 1. The number of amides is 2. The summed E-state index contributed by atoms with van der Waals surface area (Å²) in [6.45, 7) is 0.171. The molecule has 1 saturated heterocycles. The molecule has 1 N–H and O–H groups in total. The highest BCUT2D eigenvalue weighted by atomic mass is 35.5. The van der Waals surface area contributed by atoms with Gasteiger partial charge in [-0.2, -0.15) is 0 Å². The lowest BCUT2D eigenvalue weighted by molar-refractivity contribution is 0.182. The van der Waals surface area contributed by atoms with Crippen LogP contribution in [0.15, 0.2) is 29.7 Å². The van der Waals surface area contributed by atoms with Gasteiger partial charge >= 0.3 is 6.03 Å². The van der Waals surface area contributed by atoms with Crippen molar-refractivity contribution in [2.75, 3.05) is 18.4 Å². The first kappa shape index (κ1) is 17.0. The number of halogens is 2. The van der Waals surface area contributed by atoms with Crippen LogP contribution in [0.5, 0.6) is 0 Å². The minimum atomic E-state index is -3.61. The molecule has 8 nitrogen and oxygen atoms in total. The predicted octanol–water partition coefficient (Wildman–Crippen LogP) is 1.81. The van der Waals surface area contributed by atoms with Gasteiger partial charge in [-0.05, 0) is 18.2 Å². The third-order valence-electron chi connectivity index (χ3n) is 3.67. The zero-order valence-electron chi connectivity index (χ0n) is 12.5. The maximum absolute atomic E-state index is 12.4. The fourth-order valence-corrected chi connectivity index (χ4v) is 4.21. The van der Waals surface area contributed by atoms with Crippen LogP contribution in [0.25, 0.3) is 0 Å². The van der Waals surface area contributed by atoms with Crippen LogP contribution in [0, 0.1) is 0 Å². The number of aryl methyl sites for hydroxylation is 1.